The zero-order valence-corrected chi connectivity index (χ0v) is 23.1. The summed E-state index contributed by atoms with van der Waals surface area (Å²) in [5.74, 6) is 0.0470. The molecule has 0 saturated carbocycles. The maximum Gasteiger partial charge on any atom is 0.490 e. The summed E-state index contributed by atoms with van der Waals surface area (Å²) in [4.78, 5) is 55.3. The number of aromatic nitrogens is 3. The second-order valence-corrected chi connectivity index (χ2v) is 14.2. The minimum atomic E-state index is -5.68. The Morgan fingerprint density at radius 1 is 1.24 bits per heavy atom. The molecule has 0 amide bonds. The molecule has 0 aliphatic carbocycles. The number of rotatable bonds is 13. The molecule has 0 aromatic carbocycles. The first kappa shape index (κ1) is 30.7. The van der Waals surface area contributed by atoms with E-state index in [9.17, 15) is 28.3 Å². The summed E-state index contributed by atoms with van der Waals surface area (Å²) in [5.41, 5.74) is 11.6. The van der Waals surface area contributed by atoms with Crippen molar-refractivity contribution in [1.82, 2.24) is 14.5 Å². The predicted octanol–water partition coefficient (Wildman–Crippen LogP) is 0.750. The number of hydrogen-bond donors (Lipinski definition) is 7. The van der Waals surface area contributed by atoms with Crippen LogP contribution in [0, 0.1) is 0 Å². The molecular weight excluding hydrogens is 603 g/mol. The Morgan fingerprint density at radius 2 is 1.95 bits per heavy atom. The zero-order valence-electron chi connectivity index (χ0n) is 18.8. The Morgan fingerprint density at radius 3 is 2.57 bits per heavy atom. The molecule has 3 rings (SSSR count). The largest absolute Gasteiger partial charge is 0.490 e. The molecule has 37 heavy (non-hydrogen) atoms. The van der Waals surface area contributed by atoms with Crippen molar-refractivity contribution in [2.45, 2.75) is 31.4 Å². The van der Waals surface area contributed by atoms with Gasteiger partial charge in [-0.2, -0.15) is 13.6 Å². The van der Waals surface area contributed by atoms with Crippen LogP contribution in [0.15, 0.2) is 11.0 Å². The Labute approximate surface area is 216 Å². The number of nitrogens with zero attached hydrogens (tertiary/aromatic N) is 2. The molecule has 23 heteroatoms. The molecule has 3 heterocycles. The quantitative estimate of drug-likeness (QED) is 0.0698. The second kappa shape index (κ2) is 12.2. The minimum Gasteiger partial charge on any atom is -0.369 e. The van der Waals surface area contributed by atoms with Gasteiger partial charge in [-0.25, -0.2) is 13.7 Å². The third kappa shape index (κ3) is 8.35. The van der Waals surface area contributed by atoms with Gasteiger partial charge in [0.1, 0.15) is 18.3 Å². The van der Waals surface area contributed by atoms with Crippen molar-refractivity contribution >= 4 is 62.0 Å². The van der Waals surface area contributed by atoms with Gasteiger partial charge in [-0.05, 0) is 11.8 Å². The van der Waals surface area contributed by atoms with Crippen LogP contribution < -0.4 is 17.0 Å². The van der Waals surface area contributed by atoms with Gasteiger partial charge in [0.2, 0.25) is 5.95 Å². The average molecular weight is 627 g/mol. The summed E-state index contributed by atoms with van der Waals surface area (Å²) in [5, 5.41) is 0.201. The maximum atomic E-state index is 12.4. The van der Waals surface area contributed by atoms with Gasteiger partial charge in [0.15, 0.2) is 5.65 Å². The normalized spacial score (nSPS) is 23.8. The summed E-state index contributed by atoms with van der Waals surface area (Å²) in [7, 11) is -13.8. The van der Waals surface area contributed by atoms with Gasteiger partial charge in [-0.15, -0.1) is 0 Å². The lowest BCUT2D eigenvalue weighted by atomic mass is 10.2. The van der Waals surface area contributed by atoms with E-state index in [1.54, 1.807) is 6.20 Å². The first-order valence-electron chi connectivity index (χ1n) is 9.95. The highest BCUT2D eigenvalue weighted by Gasteiger charge is 2.43. The number of H-pyrrole nitrogens is 1. The summed E-state index contributed by atoms with van der Waals surface area (Å²) < 4.78 is 59.9. The van der Waals surface area contributed by atoms with Crippen molar-refractivity contribution in [3.63, 3.8) is 0 Å². The van der Waals surface area contributed by atoms with Crippen molar-refractivity contribution in [1.29, 1.82) is 0 Å². The lowest BCUT2D eigenvalue weighted by Crippen LogP contribution is -2.28. The number of nitrogen functional groups attached to an aromatic ring is 1. The lowest BCUT2D eigenvalue weighted by Gasteiger charge is -2.21. The van der Waals surface area contributed by atoms with Crippen LogP contribution in [-0.2, 0) is 42.9 Å². The van der Waals surface area contributed by atoms with E-state index in [0.29, 0.717) is 5.56 Å². The summed E-state index contributed by atoms with van der Waals surface area (Å²) in [6.45, 7) is -0.710. The number of aromatic amines is 1. The van der Waals surface area contributed by atoms with Crippen LogP contribution in [-0.4, -0.2) is 65.1 Å². The summed E-state index contributed by atoms with van der Waals surface area (Å²) >= 11 is 0. The average Bonchev–Trinajstić information content (AvgIpc) is 3.31. The minimum absolute atomic E-state index is 0.00462. The highest BCUT2D eigenvalue weighted by Crippen LogP contribution is 2.66. The molecule has 2 aromatic rings. The first-order valence-corrected chi connectivity index (χ1v) is 17.2. The third-order valence-corrected chi connectivity index (χ3v) is 10.0. The van der Waals surface area contributed by atoms with Crippen LogP contribution in [0.3, 0.4) is 0 Å². The molecule has 1 saturated heterocycles. The van der Waals surface area contributed by atoms with E-state index >= 15 is 0 Å². The van der Waals surface area contributed by atoms with E-state index in [1.165, 1.54) is 26.2 Å². The molecule has 1 fully saturated rings. The van der Waals surface area contributed by atoms with E-state index in [2.05, 4.69) is 18.6 Å². The molecule has 9 N–H and O–H groups in total. The van der Waals surface area contributed by atoms with Gasteiger partial charge < -0.3 is 45.1 Å². The Hall–Kier alpha value is -0.790. The van der Waals surface area contributed by atoms with Gasteiger partial charge in [-0.1, -0.05) is 21.6 Å². The molecular formula is C14H24N5O13P3S2. The number of hydrogen-bond acceptors (Lipinski definition) is 14. The molecule has 2 aromatic heterocycles. The fourth-order valence-corrected chi connectivity index (χ4v) is 7.27. The smallest absolute Gasteiger partial charge is 0.369 e. The Balaban J connectivity index is 1.81. The molecule has 1 aliphatic heterocycles. The van der Waals surface area contributed by atoms with Crippen LogP contribution in [0.2, 0.25) is 0 Å². The van der Waals surface area contributed by atoms with Crippen LogP contribution >= 0.6 is 45.1 Å². The van der Waals surface area contributed by atoms with Crippen LogP contribution in [0.1, 0.15) is 18.2 Å². The van der Waals surface area contributed by atoms with Crippen LogP contribution in [0.5, 0.6) is 0 Å². The topological polar surface area (TPSA) is 281 Å². The molecule has 210 valence electrons. The second-order valence-electron chi connectivity index (χ2n) is 7.27. The first-order chi connectivity index (χ1) is 17.1. The van der Waals surface area contributed by atoms with Crippen LogP contribution in [0.25, 0.3) is 11.0 Å². The van der Waals surface area contributed by atoms with Gasteiger partial charge in [0, 0.05) is 19.2 Å². The number of fused-ring (bicyclic) bond motifs is 1. The maximum absolute atomic E-state index is 12.4. The Kier molecular flexibility index (Phi) is 10.1. The fraction of sp³-hybridized carbons (Fsp3) is 0.571. The molecule has 3 unspecified atom stereocenters. The molecule has 5 atom stereocenters. The van der Waals surface area contributed by atoms with E-state index in [-0.39, 0.29) is 35.9 Å². The number of ether oxygens (including phenoxy) is 2. The molecule has 1 aliphatic rings. The number of nitrogens with two attached hydrogens (primary N) is 2. The van der Waals surface area contributed by atoms with Crippen LogP contribution in [0.4, 0.5) is 5.95 Å². The van der Waals surface area contributed by atoms with Crippen molar-refractivity contribution < 1.29 is 55.9 Å². The molecule has 18 nitrogen and oxygen atoms in total. The van der Waals surface area contributed by atoms with Gasteiger partial charge in [-0.3, -0.25) is 14.3 Å². The predicted molar refractivity (Wildman–Crippen MR) is 132 cm³/mol. The fourth-order valence-electron chi connectivity index (χ4n) is 3.45. The standard InChI is InChI=1S/C14H24N5O13P3S2/c1-36-37-6-28-8-2-10(19-4-7(3-15)11-12(19)17-14(16)18-13(11)20)30-9(8)5-29-34(24,25)32-35(26,27)31-33(21,22)23/h4,8-10H,2-3,5-6,15H2,1H3,(H,24,25)(H,26,27)(H2,21,22,23)(H3,16,17,18,20)/t8?,9-,10-/m1/s1. The lowest BCUT2D eigenvalue weighted by molar-refractivity contribution is -0.0521. The van der Waals surface area contributed by atoms with Gasteiger partial charge >= 0.3 is 23.5 Å². The van der Waals surface area contributed by atoms with E-state index in [4.69, 9.17) is 35.3 Å². The number of nitrogens with one attached hydrogen (secondary N) is 1. The van der Waals surface area contributed by atoms with E-state index in [0.717, 1.165) is 0 Å². The van der Waals surface area contributed by atoms with Gasteiger partial charge in [0.05, 0.1) is 18.1 Å². The van der Waals surface area contributed by atoms with Crippen molar-refractivity contribution in [3.05, 3.63) is 22.1 Å². The van der Waals surface area contributed by atoms with E-state index < -0.39 is 54.1 Å². The highest BCUT2D eigenvalue weighted by molar-refractivity contribution is 8.76. The van der Waals surface area contributed by atoms with Crippen molar-refractivity contribution in [2.24, 2.45) is 5.73 Å². The molecule has 0 radical (unpaired) electrons. The number of anilines is 1. The number of phosphoric ester groups is 1. The molecule has 0 spiro atoms. The van der Waals surface area contributed by atoms with Crippen molar-refractivity contribution in [2.75, 3.05) is 24.5 Å². The SMILES string of the molecule is CSSCOC1C[C@H](n2cc(CN)c3c(=O)[nH]c(N)nc32)O[C@@H]1COP(=O)(O)OP(=O)(O)OP(=O)(O)O. The molecule has 0 bridgehead atoms. The summed E-state index contributed by atoms with van der Waals surface area (Å²) in [6.07, 6.45) is 0.917. The van der Waals surface area contributed by atoms with Gasteiger partial charge in [0.25, 0.3) is 5.56 Å². The monoisotopic (exact) mass is 627 g/mol. The van der Waals surface area contributed by atoms with E-state index in [1.807, 2.05) is 6.26 Å². The zero-order chi connectivity index (χ0) is 27.6. The number of phosphoric acid groups is 3. The third-order valence-electron chi connectivity index (χ3n) is 4.76. The van der Waals surface area contributed by atoms with Crippen molar-refractivity contribution in [3.8, 4) is 0 Å². The summed E-state index contributed by atoms with van der Waals surface area (Å²) in [6, 6.07) is 0. The highest BCUT2D eigenvalue weighted by atomic mass is 33.1. The Bertz CT molecular complexity index is 1320.